The summed E-state index contributed by atoms with van der Waals surface area (Å²) in [4.78, 5) is 4.11. The summed E-state index contributed by atoms with van der Waals surface area (Å²) in [5, 5.41) is 2.97. The van der Waals surface area contributed by atoms with Gasteiger partial charge in [0.2, 0.25) is 0 Å². The van der Waals surface area contributed by atoms with Gasteiger partial charge in [-0.15, -0.1) is 0 Å². The summed E-state index contributed by atoms with van der Waals surface area (Å²) in [5.41, 5.74) is 0.882. The smallest absolute Gasteiger partial charge is 0.124 e. The molecule has 0 rings (SSSR count). The second-order valence-corrected chi connectivity index (χ2v) is 1.97. The van der Waals surface area contributed by atoms with Gasteiger partial charge in [-0.3, -0.25) is 4.99 Å². The molecular formula is C8H14N2. The Kier molecular flexibility index (Phi) is 4.29. The summed E-state index contributed by atoms with van der Waals surface area (Å²) in [6.45, 7) is 11.9. The topological polar surface area (TPSA) is 24.4 Å². The van der Waals surface area contributed by atoms with Crippen LogP contribution in [0.4, 0.5) is 0 Å². The molecule has 0 atom stereocenters. The van der Waals surface area contributed by atoms with E-state index in [9.17, 15) is 0 Å². The quantitative estimate of drug-likeness (QED) is 0.466. The molecule has 2 heteroatoms. The molecule has 0 aliphatic carbocycles. The first-order valence-corrected chi connectivity index (χ1v) is 3.30. The highest BCUT2D eigenvalue weighted by Gasteiger charge is 1.88. The van der Waals surface area contributed by atoms with E-state index in [4.69, 9.17) is 0 Å². The Labute approximate surface area is 62.4 Å². The van der Waals surface area contributed by atoms with Crippen LogP contribution in [0.25, 0.3) is 0 Å². The third kappa shape index (κ3) is 3.89. The lowest BCUT2D eigenvalue weighted by atomic mass is 10.5. The molecule has 0 amide bonds. The number of hydrogen-bond acceptors (Lipinski definition) is 1. The molecule has 1 N–H and O–H groups in total. The fraction of sp³-hybridized carbons (Fsp3) is 0.375. The van der Waals surface area contributed by atoms with Gasteiger partial charge in [-0.05, 0) is 19.9 Å². The van der Waals surface area contributed by atoms with Gasteiger partial charge in [0.15, 0.2) is 0 Å². The number of nitrogens with one attached hydrogen (secondary N) is 1. The summed E-state index contributed by atoms with van der Waals surface area (Å²) in [5.74, 6) is 0.787. The zero-order chi connectivity index (χ0) is 7.98. The summed E-state index contributed by atoms with van der Waals surface area (Å²) in [6.07, 6.45) is 1.68. The lowest BCUT2D eigenvalue weighted by Crippen LogP contribution is -2.18. The van der Waals surface area contributed by atoms with Crippen LogP contribution in [0.5, 0.6) is 0 Å². The maximum atomic E-state index is 4.11. The molecule has 0 aliphatic rings. The van der Waals surface area contributed by atoms with E-state index in [0.29, 0.717) is 0 Å². The van der Waals surface area contributed by atoms with Crippen LogP contribution >= 0.6 is 0 Å². The van der Waals surface area contributed by atoms with Gasteiger partial charge in [0.1, 0.15) is 5.84 Å². The van der Waals surface area contributed by atoms with Gasteiger partial charge in [0, 0.05) is 12.2 Å². The Bertz CT molecular complexity index is 157. The maximum absolute atomic E-state index is 4.11. The van der Waals surface area contributed by atoms with Crippen molar-refractivity contribution in [3.8, 4) is 0 Å². The normalized spacial score (nSPS) is 10.8. The van der Waals surface area contributed by atoms with Crippen molar-refractivity contribution in [2.24, 2.45) is 4.99 Å². The largest absolute Gasteiger partial charge is 0.345 e. The molecule has 0 aromatic heterocycles. The molecule has 0 aromatic carbocycles. The first-order chi connectivity index (χ1) is 4.70. The molecule has 0 radical (unpaired) electrons. The van der Waals surface area contributed by atoms with Gasteiger partial charge in [-0.1, -0.05) is 13.2 Å². The van der Waals surface area contributed by atoms with Gasteiger partial charge in [-0.25, -0.2) is 0 Å². The van der Waals surface area contributed by atoms with Crippen LogP contribution in [0.15, 0.2) is 29.9 Å². The molecule has 0 unspecified atom stereocenters. The molecule has 0 aliphatic heterocycles. The molecule has 0 saturated carbocycles. The molecule has 2 nitrogen and oxygen atoms in total. The highest BCUT2D eigenvalue weighted by Crippen LogP contribution is 1.82. The lowest BCUT2D eigenvalue weighted by molar-refractivity contribution is 1.06. The Hall–Kier alpha value is -1.05. The number of aliphatic imine (C=N–C) groups is 1. The number of rotatable bonds is 3. The monoisotopic (exact) mass is 138 g/mol. The van der Waals surface area contributed by atoms with Crippen molar-refractivity contribution in [1.82, 2.24) is 5.32 Å². The molecule has 0 heterocycles. The number of amidine groups is 1. The van der Waals surface area contributed by atoms with Gasteiger partial charge < -0.3 is 5.32 Å². The van der Waals surface area contributed by atoms with Crippen molar-refractivity contribution in [3.05, 3.63) is 24.9 Å². The van der Waals surface area contributed by atoms with E-state index in [1.54, 1.807) is 6.08 Å². The van der Waals surface area contributed by atoms with Crippen molar-refractivity contribution in [3.63, 3.8) is 0 Å². The minimum absolute atomic E-state index is 0.766. The summed E-state index contributed by atoms with van der Waals surface area (Å²) >= 11 is 0. The molecule has 0 aromatic rings. The standard InChI is InChI=1S/C8H14N2/c1-5-8(9-6-2)10-7(3)4/h5H,1,3,6H2,2,4H3,(H,9,10). The molecule has 10 heavy (non-hydrogen) atoms. The van der Waals surface area contributed by atoms with Crippen LogP contribution in [-0.4, -0.2) is 12.4 Å². The Balaban J connectivity index is 3.95. The summed E-state index contributed by atoms with van der Waals surface area (Å²) < 4.78 is 0. The number of allylic oxidation sites excluding steroid dienone is 1. The van der Waals surface area contributed by atoms with E-state index in [1.807, 2.05) is 13.8 Å². The zero-order valence-electron chi connectivity index (χ0n) is 6.65. The second-order valence-electron chi connectivity index (χ2n) is 1.97. The van der Waals surface area contributed by atoms with Crippen molar-refractivity contribution in [2.45, 2.75) is 13.8 Å². The summed E-state index contributed by atoms with van der Waals surface area (Å²) in [6, 6.07) is 0. The highest BCUT2D eigenvalue weighted by molar-refractivity contribution is 5.93. The molecule has 0 saturated heterocycles. The van der Waals surface area contributed by atoms with E-state index >= 15 is 0 Å². The van der Waals surface area contributed by atoms with Crippen molar-refractivity contribution in [2.75, 3.05) is 6.54 Å². The van der Waals surface area contributed by atoms with Gasteiger partial charge in [0.25, 0.3) is 0 Å². The average Bonchev–Trinajstić information content (AvgIpc) is 1.86. The van der Waals surface area contributed by atoms with E-state index < -0.39 is 0 Å². The third-order valence-corrected chi connectivity index (χ3v) is 0.863. The number of hydrogen-bond donors (Lipinski definition) is 1. The van der Waals surface area contributed by atoms with Gasteiger partial charge >= 0.3 is 0 Å². The van der Waals surface area contributed by atoms with Gasteiger partial charge in [-0.2, -0.15) is 0 Å². The zero-order valence-corrected chi connectivity index (χ0v) is 6.65. The van der Waals surface area contributed by atoms with E-state index in [1.165, 1.54) is 0 Å². The molecular weight excluding hydrogens is 124 g/mol. The molecule has 0 bridgehead atoms. The van der Waals surface area contributed by atoms with Crippen LogP contribution < -0.4 is 5.32 Å². The fourth-order valence-electron chi connectivity index (χ4n) is 0.544. The van der Waals surface area contributed by atoms with Crippen LogP contribution in [0.2, 0.25) is 0 Å². The first kappa shape index (κ1) is 8.95. The van der Waals surface area contributed by atoms with E-state index in [2.05, 4.69) is 23.5 Å². The lowest BCUT2D eigenvalue weighted by Gasteiger charge is -2.02. The minimum Gasteiger partial charge on any atom is -0.345 e. The van der Waals surface area contributed by atoms with Gasteiger partial charge in [0.05, 0.1) is 0 Å². The highest BCUT2D eigenvalue weighted by atomic mass is 15.0. The van der Waals surface area contributed by atoms with Crippen molar-refractivity contribution in [1.29, 1.82) is 0 Å². The third-order valence-electron chi connectivity index (χ3n) is 0.863. The average molecular weight is 138 g/mol. The van der Waals surface area contributed by atoms with Crippen LogP contribution in [0.1, 0.15) is 13.8 Å². The number of nitrogens with zero attached hydrogens (tertiary/aromatic N) is 1. The van der Waals surface area contributed by atoms with E-state index in [-0.39, 0.29) is 0 Å². The Morgan fingerprint density at radius 1 is 1.70 bits per heavy atom. The Morgan fingerprint density at radius 2 is 2.30 bits per heavy atom. The predicted octanol–water partition coefficient (Wildman–Crippen LogP) is 1.71. The minimum atomic E-state index is 0.766. The second kappa shape index (κ2) is 4.79. The first-order valence-electron chi connectivity index (χ1n) is 3.30. The molecule has 56 valence electrons. The maximum Gasteiger partial charge on any atom is 0.124 e. The Morgan fingerprint density at radius 3 is 2.60 bits per heavy atom. The van der Waals surface area contributed by atoms with Crippen molar-refractivity contribution >= 4 is 5.84 Å². The predicted molar refractivity (Wildman–Crippen MR) is 46.1 cm³/mol. The van der Waals surface area contributed by atoms with Crippen LogP contribution in [-0.2, 0) is 0 Å². The summed E-state index contributed by atoms with van der Waals surface area (Å²) in [7, 11) is 0. The molecule has 0 spiro atoms. The van der Waals surface area contributed by atoms with Crippen molar-refractivity contribution < 1.29 is 0 Å². The fourth-order valence-corrected chi connectivity index (χ4v) is 0.544. The SMILES string of the molecule is C=CC(=NCC)NC(=C)C. The van der Waals surface area contributed by atoms with Crippen LogP contribution in [0.3, 0.4) is 0 Å². The van der Waals surface area contributed by atoms with Crippen LogP contribution in [0, 0.1) is 0 Å². The molecule has 0 fully saturated rings. The van der Waals surface area contributed by atoms with E-state index in [0.717, 1.165) is 18.1 Å².